The van der Waals surface area contributed by atoms with Crippen molar-refractivity contribution in [2.45, 2.75) is 13.8 Å². The van der Waals surface area contributed by atoms with Gasteiger partial charge in [-0.3, -0.25) is 0 Å². The van der Waals surface area contributed by atoms with Crippen LogP contribution in [0.2, 0.25) is 0 Å². The Labute approximate surface area is 79.4 Å². The Bertz CT molecular complexity index is 277. The third-order valence-electron chi connectivity index (χ3n) is 1.58. The van der Waals surface area contributed by atoms with Gasteiger partial charge in [0.2, 0.25) is 0 Å². The van der Waals surface area contributed by atoms with E-state index in [1.807, 2.05) is 38.1 Å². The topological polar surface area (TPSA) is 18.5 Å². The van der Waals surface area contributed by atoms with E-state index < -0.39 is 0 Å². The molecule has 2 nitrogen and oxygen atoms in total. The fourth-order valence-corrected chi connectivity index (χ4v) is 1.05. The molecule has 68 valence electrons. The minimum atomic E-state index is -0.302. The van der Waals surface area contributed by atoms with Crippen LogP contribution < -0.4 is 0 Å². The number of rotatable bonds is 3. The lowest BCUT2D eigenvalue weighted by Crippen LogP contribution is -2.11. The highest BCUT2D eigenvalue weighted by Gasteiger charge is 2.28. The highest BCUT2D eigenvalue weighted by Crippen LogP contribution is 2.21. The van der Waals surface area contributed by atoms with Crippen molar-refractivity contribution in [1.29, 1.82) is 0 Å². The van der Waals surface area contributed by atoms with Gasteiger partial charge in [-0.15, -0.1) is 0 Å². The van der Waals surface area contributed by atoms with Crippen LogP contribution in [0.25, 0.3) is 0 Å². The first-order valence-corrected chi connectivity index (χ1v) is 4.27. The maximum absolute atomic E-state index is 5.46. The molecule has 0 fully saturated rings. The summed E-state index contributed by atoms with van der Waals surface area (Å²) in [6.07, 6.45) is 7.31. The van der Waals surface area contributed by atoms with Crippen molar-refractivity contribution in [3.63, 3.8) is 0 Å². The van der Waals surface area contributed by atoms with Crippen molar-refractivity contribution in [3.05, 3.63) is 48.4 Å². The van der Waals surface area contributed by atoms with Crippen LogP contribution >= 0.6 is 0 Å². The second kappa shape index (κ2) is 4.60. The Kier molecular flexibility index (Phi) is 3.44. The summed E-state index contributed by atoms with van der Waals surface area (Å²) in [5.41, 5.74) is 0. The zero-order valence-corrected chi connectivity index (χ0v) is 7.99. The highest BCUT2D eigenvalue weighted by atomic mass is 16.6. The van der Waals surface area contributed by atoms with Gasteiger partial charge in [-0.1, -0.05) is 18.7 Å². The standard InChI is InChI=1S/C10H13BO2/c1-4-7-10-9(6-3)12-11(13-10)8-5-2/h4-8H,3H2,1-2H3/b7-4-,8-5+. The third kappa shape index (κ3) is 2.28. The highest BCUT2D eigenvalue weighted by molar-refractivity contribution is 6.52. The summed E-state index contributed by atoms with van der Waals surface area (Å²) < 4.78 is 10.9. The summed E-state index contributed by atoms with van der Waals surface area (Å²) in [7, 11) is -0.302. The van der Waals surface area contributed by atoms with Gasteiger partial charge in [0.05, 0.1) is 0 Å². The summed E-state index contributed by atoms with van der Waals surface area (Å²) >= 11 is 0. The maximum Gasteiger partial charge on any atom is 0.624 e. The maximum atomic E-state index is 5.46. The van der Waals surface area contributed by atoms with Crippen molar-refractivity contribution in [2.24, 2.45) is 0 Å². The molecule has 3 heteroatoms. The predicted molar refractivity (Wildman–Crippen MR) is 54.8 cm³/mol. The van der Waals surface area contributed by atoms with Crippen LogP contribution in [0.15, 0.2) is 48.4 Å². The van der Waals surface area contributed by atoms with Crippen LogP contribution in [0.3, 0.4) is 0 Å². The van der Waals surface area contributed by atoms with Crippen LogP contribution in [-0.2, 0) is 9.31 Å². The van der Waals surface area contributed by atoms with Gasteiger partial charge in [0.25, 0.3) is 0 Å². The van der Waals surface area contributed by atoms with Crippen LogP contribution in [0, 0.1) is 0 Å². The molecule has 0 atom stereocenters. The fourth-order valence-electron chi connectivity index (χ4n) is 1.05. The Morgan fingerprint density at radius 1 is 1.15 bits per heavy atom. The van der Waals surface area contributed by atoms with Crippen molar-refractivity contribution in [2.75, 3.05) is 0 Å². The zero-order valence-electron chi connectivity index (χ0n) is 7.99. The molecule has 0 N–H and O–H groups in total. The van der Waals surface area contributed by atoms with Gasteiger partial charge in [0, 0.05) is 0 Å². The average Bonchev–Trinajstić information content (AvgIpc) is 2.49. The fraction of sp³-hybridized carbons (Fsp3) is 0.200. The second-order valence-corrected chi connectivity index (χ2v) is 2.56. The lowest BCUT2D eigenvalue weighted by molar-refractivity contribution is 0.400. The smallest absolute Gasteiger partial charge is 0.520 e. The quantitative estimate of drug-likeness (QED) is 0.615. The van der Waals surface area contributed by atoms with Gasteiger partial charge in [0.1, 0.15) is 11.5 Å². The van der Waals surface area contributed by atoms with E-state index in [1.165, 1.54) is 0 Å². The molecule has 0 amide bonds. The first kappa shape index (κ1) is 9.71. The molecule has 1 heterocycles. The van der Waals surface area contributed by atoms with Gasteiger partial charge < -0.3 is 9.31 Å². The summed E-state index contributed by atoms with van der Waals surface area (Å²) in [6.45, 7) is 7.50. The predicted octanol–water partition coefficient (Wildman–Crippen LogP) is 2.61. The molecular weight excluding hydrogens is 163 g/mol. The van der Waals surface area contributed by atoms with Gasteiger partial charge in [-0.25, -0.2) is 0 Å². The first-order chi connectivity index (χ1) is 6.31. The van der Waals surface area contributed by atoms with Crippen molar-refractivity contribution < 1.29 is 9.31 Å². The zero-order chi connectivity index (χ0) is 9.68. The molecule has 0 bridgehead atoms. The largest absolute Gasteiger partial charge is 0.624 e. The number of hydrogen-bond acceptors (Lipinski definition) is 2. The number of allylic oxidation sites excluding steroid dienone is 4. The van der Waals surface area contributed by atoms with E-state index in [2.05, 4.69) is 6.58 Å². The van der Waals surface area contributed by atoms with E-state index in [-0.39, 0.29) is 7.12 Å². The molecule has 0 aromatic rings. The normalized spacial score (nSPS) is 16.9. The Morgan fingerprint density at radius 2 is 1.85 bits per heavy atom. The van der Waals surface area contributed by atoms with E-state index in [0.717, 1.165) is 5.76 Å². The molecule has 1 aliphatic rings. The summed E-state index contributed by atoms with van der Waals surface area (Å²) in [4.78, 5) is 0. The third-order valence-corrected chi connectivity index (χ3v) is 1.58. The molecule has 0 saturated heterocycles. The van der Waals surface area contributed by atoms with Crippen LogP contribution in [0.1, 0.15) is 13.8 Å². The summed E-state index contributed by atoms with van der Waals surface area (Å²) in [5.74, 6) is 3.28. The second-order valence-electron chi connectivity index (χ2n) is 2.56. The molecule has 0 spiro atoms. The summed E-state index contributed by atoms with van der Waals surface area (Å²) in [6, 6.07) is 0. The lowest BCUT2D eigenvalue weighted by Gasteiger charge is -1.98. The molecular formula is C10H13BO2. The van der Waals surface area contributed by atoms with Gasteiger partial charge in [-0.2, -0.15) is 0 Å². The van der Waals surface area contributed by atoms with Gasteiger partial charge >= 0.3 is 7.12 Å². The van der Waals surface area contributed by atoms with Crippen molar-refractivity contribution in [1.82, 2.24) is 0 Å². The molecule has 0 unspecified atom stereocenters. The van der Waals surface area contributed by atoms with Crippen LogP contribution in [0.5, 0.6) is 0 Å². The Hall–Kier alpha value is -1.38. The van der Waals surface area contributed by atoms with E-state index in [1.54, 1.807) is 6.08 Å². The van der Waals surface area contributed by atoms with Gasteiger partial charge in [0.15, 0.2) is 0 Å². The molecule has 0 saturated carbocycles. The van der Waals surface area contributed by atoms with E-state index >= 15 is 0 Å². The molecule has 0 aromatic heterocycles. The van der Waals surface area contributed by atoms with Crippen molar-refractivity contribution >= 4 is 7.12 Å². The monoisotopic (exact) mass is 176 g/mol. The van der Waals surface area contributed by atoms with Crippen LogP contribution in [-0.4, -0.2) is 7.12 Å². The first-order valence-electron chi connectivity index (χ1n) is 4.27. The Balaban J connectivity index is 2.74. The lowest BCUT2D eigenvalue weighted by atomic mass is 9.90. The van der Waals surface area contributed by atoms with Crippen molar-refractivity contribution in [3.8, 4) is 0 Å². The molecule has 1 aliphatic heterocycles. The molecule has 1 rings (SSSR count). The average molecular weight is 176 g/mol. The molecule has 0 aromatic carbocycles. The van der Waals surface area contributed by atoms with E-state index in [9.17, 15) is 0 Å². The SMILES string of the molecule is C=CC1=C(/C=C\C)OB(/C=C/C)O1. The molecule has 0 radical (unpaired) electrons. The number of hydrogen-bond donors (Lipinski definition) is 0. The molecule has 0 aliphatic carbocycles. The van der Waals surface area contributed by atoms with E-state index in [0.29, 0.717) is 5.76 Å². The minimum absolute atomic E-state index is 0.302. The Morgan fingerprint density at radius 3 is 2.38 bits per heavy atom. The summed E-state index contributed by atoms with van der Waals surface area (Å²) in [5, 5.41) is 0. The molecule has 13 heavy (non-hydrogen) atoms. The van der Waals surface area contributed by atoms with Crippen LogP contribution in [0.4, 0.5) is 0 Å². The van der Waals surface area contributed by atoms with E-state index in [4.69, 9.17) is 9.31 Å². The van der Waals surface area contributed by atoms with Gasteiger partial charge in [-0.05, 0) is 32.0 Å². The minimum Gasteiger partial charge on any atom is -0.520 e.